The normalized spacial score (nSPS) is 16.4. The molecule has 0 heterocycles. The highest BCUT2D eigenvalue weighted by molar-refractivity contribution is 7.91. The van der Waals surface area contributed by atoms with Crippen molar-refractivity contribution in [3.63, 3.8) is 0 Å². The first-order chi connectivity index (χ1) is 16.0. The summed E-state index contributed by atoms with van der Waals surface area (Å²) in [6, 6.07) is 19.4. The van der Waals surface area contributed by atoms with Crippen LogP contribution in [0.15, 0.2) is 65.1 Å². The Kier molecular flexibility index (Phi) is 11.4. The van der Waals surface area contributed by atoms with Crippen molar-refractivity contribution in [3.05, 3.63) is 71.8 Å². The van der Waals surface area contributed by atoms with Crippen LogP contribution in [0.25, 0.3) is 0 Å². The maximum Gasteiger partial charge on any atom is 0.184 e. The minimum Gasteiger partial charge on any atom is -0.591 e. The molecule has 0 spiro atoms. The zero-order valence-electron chi connectivity index (χ0n) is 21.1. The van der Waals surface area contributed by atoms with E-state index in [0.717, 1.165) is 17.3 Å². The van der Waals surface area contributed by atoms with E-state index in [1.165, 1.54) is 0 Å². The van der Waals surface area contributed by atoms with Crippen LogP contribution >= 0.6 is 0 Å². The van der Waals surface area contributed by atoms with E-state index < -0.39 is 42.8 Å². The minimum atomic E-state index is -2.07. The topological polar surface area (TPSA) is 63.1 Å². The molecule has 2 rings (SSSR count). The summed E-state index contributed by atoms with van der Waals surface area (Å²) in [6.07, 6.45) is -2.14. The molecule has 0 fully saturated rings. The van der Waals surface area contributed by atoms with Gasteiger partial charge in [-0.15, -0.1) is 0 Å². The Hall–Kier alpha value is -1.55. The summed E-state index contributed by atoms with van der Waals surface area (Å²) in [5.74, 6) is 0. The summed E-state index contributed by atoms with van der Waals surface area (Å²) in [7, 11) is -2.07. The third-order valence-corrected chi connectivity index (χ3v) is 7.06. The Labute approximate surface area is 208 Å². The number of hydrogen-bond acceptors (Lipinski definition) is 5. The molecule has 34 heavy (non-hydrogen) atoms. The van der Waals surface area contributed by atoms with Crippen LogP contribution in [0.3, 0.4) is 0 Å². The average molecular weight is 508 g/mol. The van der Waals surface area contributed by atoms with Crippen LogP contribution < -0.4 is 0 Å². The van der Waals surface area contributed by atoms with Gasteiger partial charge in [0.15, 0.2) is 14.5 Å². The summed E-state index contributed by atoms with van der Waals surface area (Å²) < 4.78 is 49.7. The molecule has 0 amide bonds. The first-order valence-corrected chi connectivity index (χ1v) is 16.0. The monoisotopic (exact) mass is 507 g/mol. The van der Waals surface area contributed by atoms with E-state index in [0.29, 0.717) is 6.61 Å². The van der Waals surface area contributed by atoms with Crippen molar-refractivity contribution in [1.29, 1.82) is 0 Å². The molecule has 0 aliphatic heterocycles. The van der Waals surface area contributed by atoms with Gasteiger partial charge in [-0.1, -0.05) is 65.1 Å². The lowest BCUT2D eigenvalue weighted by Gasteiger charge is -2.33. The van der Waals surface area contributed by atoms with E-state index >= 15 is 4.39 Å². The van der Waals surface area contributed by atoms with Gasteiger partial charge in [-0.25, -0.2) is 4.39 Å². The Balaban J connectivity index is 2.21. The van der Waals surface area contributed by atoms with Gasteiger partial charge >= 0.3 is 0 Å². The van der Waals surface area contributed by atoms with Gasteiger partial charge in [-0.2, -0.15) is 0 Å². The number of rotatable bonds is 13. The highest BCUT2D eigenvalue weighted by atomic mass is 32.2. The van der Waals surface area contributed by atoms with Crippen LogP contribution in [0.4, 0.5) is 4.39 Å². The van der Waals surface area contributed by atoms with E-state index in [1.54, 1.807) is 20.8 Å². The van der Waals surface area contributed by atoms with E-state index in [4.69, 9.17) is 13.9 Å². The second-order valence-corrected chi connectivity index (χ2v) is 16.5. The fraction of sp³-hybridized carbons (Fsp3) is 0.500. The van der Waals surface area contributed by atoms with Crippen LogP contribution in [0.5, 0.6) is 0 Å². The van der Waals surface area contributed by atoms with Gasteiger partial charge in [0.25, 0.3) is 0 Å². The van der Waals surface area contributed by atoms with E-state index in [2.05, 4.69) is 4.40 Å². The molecule has 0 saturated heterocycles. The van der Waals surface area contributed by atoms with Crippen molar-refractivity contribution < 1.29 is 22.8 Å². The molecule has 2 aromatic rings. The lowest BCUT2D eigenvalue weighted by Crippen LogP contribution is -2.47. The SMILES string of the molecule is CC(C)(C)[S@@+]([O-])/N=C/[C@H](F)[C@H](OCc1ccccc1)[C@H](COCc1ccccc1)O[Si](C)(C)C. The first-order valence-electron chi connectivity index (χ1n) is 11.5. The van der Waals surface area contributed by atoms with E-state index in [-0.39, 0.29) is 13.2 Å². The molecule has 8 heteroatoms. The molecule has 188 valence electrons. The largest absolute Gasteiger partial charge is 0.591 e. The summed E-state index contributed by atoms with van der Waals surface area (Å²) in [5, 5.41) is 0. The van der Waals surface area contributed by atoms with Gasteiger partial charge in [0, 0.05) is 0 Å². The molecule has 2 aromatic carbocycles. The number of halogens is 1. The number of ether oxygens (including phenoxy) is 2. The van der Waals surface area contributed by atoms with Crippen molar-refractivity contribution in [3.8, 4) is 0 Å². The van der Waals surface area contributed by atoms with Crippen molar-refractivity contribution in [1.82, 2.24) is 0 Å². The molecule has 0 aromatic heterocycles. The Morgan fingerprint density at radius 2 is 1.50 bits per heavy atom. The average Bonchev–Trinajstić information content (AvgIpc) is 2.77. The quantitative estimate of drug-likeness (QED) is 0.193. The number of benzene rings is 2. The molecule has 0 radical (unpaired) electrons. The van der Waals surface area contributed by atoms with Gasteiger partial charge in [0.2, 0.25) is 0 Å². The maximum absolute atomic E-state index is 15.6. The third-order valence-electron chi connectivity index (χ3n) is 4.69. The zero-order chi connectivity index (χ0) is 25.2. The lowest BCUT2D eigenvalue weighted by molar-refractivity contribution is -0.0899. The molecule has 0 aliphatic carbocycles. The molecule has 0 saturated carbocycles. The predicted molar refractivity (Wildman–Crippen MR) is 141 cm³/mol. The molecule has 0 bridgehead atoms. The van der Waals surface area contributed by atoms with Gasteiger partial charge in [-0.05, 0) is 51.5 Å². The molecule has 0 aliphatic rings. The van der Waals surface area contributed by atoms with Crippen molar-refractivity contribution in [2.45, 2.75) is 76.8 Å². The molecule has 0 unspecified atom stereocenters. The highest BCUT2D eigenvalue weighted by Gasteiger charge is 2.35. The lowest BCUT2D eigenvalue weighted by atomic mass is 10.1. The number of nitrogens with zero attached hydrogens (tertiary/aromatic N) is 1. The van der Waals surface area contributed by atoms with Crippen molar-refractivity contribution in [2.24, 2.45) is 4.40 Å². The second-order valence-electron chi connectivity index (χ2n) is 10.1. The number of alkyl halides is 1. The van der Waals surface area contributed by atoms with Crippen LogP contribution in [-0.2, 0) is 38.5 Å². The molecular formula is C26H38FNO4SSi. The molecule has 4 atom stereocenters. The third kappa shape index (κ3) is 10.8. The summed E-state index contributed by atoms with van der Waals surface area (Å²) in [6.45, 7) is 12.3. The van der Waals surface area contributed by atoms with Crippen molar-refractivity contribution in [2.75, 3.05) is 6.61 Å². The summed E-state index contributed by atoms with van der Waals surface area (Å²) in [4.78, 5) is 0. The molecule has 0 N–H and O–H groups in total. The van der Waals surface area contributed by atoms with Crippen LogP contribution in [0, 0.1) is 0 Å². The van der Waals surface area contributed by atoms with Crippen LogP contribution in [0.1, 0.15) is 31.9 Å². The highest BCUT2D eigenvalue weighted by Crippen LogP contribution is 2.21. The summed E-state index contributed by atoms with van der Waals surface area (Å²) in [5.41, 5.74) is 1.95. The second kappa shape index (κ2) is 13.5. The van der Waals surface area contributed by atoms with Gasteiger partial charge in [0.1, 0.15) is 22.2 Å². The first kappa shape index (κ1) is 28.7. The van der Waals surface area contributed by atoms with Gasteiger partial charge in [-0.3, -0.25) is 0 Å². The predicted octanol–water partition coefficient (Wildman–Crippen LogP) is 5.88. The Morgan fingerprint density at radius 1 is 0.971 bits per heavy atom. The summed E-state index contributed by atoms with van der Waals surface area (Å²) >= 11 is -1.57. The number of hydrogen-bond donors (Lipinski definition) is 0. The van der Waals surface area contributed by atoms with E-state index in [9.17, 15) is 4.55 Å². The van der Waals surface area contributed by atoms with Crippen molar-refractivity contribution >= 4 is 25.9 Å². The molecule has 5 nitrogen and oxygen atoms in total. The maximum atomic E-state index is 15.6. The zero-order valence-corrected chi connectivity index (χ0v) is 22.9. The van der Waals surface area contributed by atoms with Gasteiger partial charge < -0.3 is 18.5 Å². The Bertz CT molecular complexity index is 859. The minimum absolute atomic E-state index is 0.162. The van der Waals surface area contributed by atoms with E-state index in [1.807, 2.05) is 80.3 Å². The fourth-order valence-electron chi connectivity index (χ4n) is 3.04. The smallest absolute Gasteiger partial charge is 0.184 e. The van der Waals surface area contributed by atoms with Gasteiger partial charge in [0.05, 0.1) is 32.1 Å². The molecular weight excluding hydrogens is 469 g/mol. The van der Waals surface area contributed by atoms with Crippen LogP contribution in [-0.4, -0.2) is 48.8 Å². The fourth-order valence-corrected chi connectivity index (χ4v) is 4.70. The Morgan fingerprint density at radius 3 is 2.00 bits per heavy atom. The van der Waals surface area contributed by atoms with Crippen LogP contribution in [0.2, 0.25) is 19.6 Å². The standard InChI is InChI=1S/C26H38FNO4SSi/c1-26(2,3)33(29)28-17-23(27)25(31-19-22-15-11-8-12-16-22)24(32-34(4,5)6)20-30-18-21-13-9-7-10-14-21/h7-17,23-25H,18-20H2,1-6H3/b28-17+/t23-,24-,25-,33+/m0/s1.